The van der Waals surface area contributed by atoms with E-state index in [1.165, 1.54) is 29.7 Å². The van der Waals surface area contributed by atoms with Crippen molar-refractivity contribution >= 4 is 5.69 Å². The van der Waals surface area contributed by atoms with Gasteiger partial charge in [-0.1, -0.05) is 43.3 Å². The fraction of sp³-hybridized carbons (Fsp3) is 0.417. The second-order valence-corrected chi connectivity index (χ2v) is 8.01. The van der Waals surface area contributed by atoms with Crippen molar-refractivity contribution in [3.63, 3.8) is 0 Å². The van der Waals surface area contributed by atoms with Gasteiger partial charge in [-0.2, -0.15) is 0 Å². The normalized spacial score (nSPS) is 16.6. The van der Waals surface area contributed by atoms with Gasteiger partial charge in [-0.3, -0.25) is 0 Å². The number of aromatic nitrogens is 3. The molecule has 2 unspecified atom stereocenters. The third kappa shape index (κ3) is 4.85. The van der Waals surface area contributed by atoms with Crippen molar-refractivity contribution in [1.82, 2.24) is 15.0 Å². The van der Waals surface area contributed by atoms with Crippen LogP contribution in [0.4, 0.5) is 5.69 Å². The van der Waals surface area contributed by atoms with Gasteiger partial charge in [-0.15, -0.1) is 5.10 Å². The minimum absolute atomic E-state index is 0.537. The van der Waals surface area contributed by atoms with E-state index < -0.39 is 0 Å². The topological polar surface area (TPSA) is 43.2 Å². The van der Waals surface area contributed by atoms with Gasteiger partial charge >= 0.3 is 0 Å². The summed E-state index contributed by atoms with van der Waals surface area (Å²) in [6.45, 7) is 8.29. The van der Waals surface area contributed by atoms with Crippen LogP contribution in [0.15, 0.2) is 60.9 Å². The predicted molar refractivity (Wildman–Crippen MR) is 117 cm³/mol. The van der Waals surface area contributed by atoms with Crippen LogP contribution in [0.25, 0.3) is 5.69 Å². The molecule has 2 heterocycles. The van der Waals surface area contributed by atoms with Crippen LogP contribution < -0.4 is 4.90 Å². The van der Waals surface area contributed by atoms with Gasteiger partial charge in [-0.05, 0) is 60.1 Å². The first-order chi connectivity index (χ1) is 14.2. The molecule has 0 saturated carbocycles. The average Bonchev–Trinajstić information content (AvgIpc) is 3.33. The second kappa shape index (κ2) is 9.23. The minimum atomic E-state index is 0.537. The Balaban J connectivity index is 1.31. The molecule has 0 amide bonds. The summed E-state index contributed by atoms with van der Waals surface area (Å²) in [6, 6.07) is 17.8. The molecule has 5 nitrogen and oxygen atoms in total. The minimum Gasteiger partial charge on any atom is -0.378 e. The first-order valence-corrected chi connectivity index (χ1v) is 10.6. The highest BCUT2D eigenvalue weighted by molar-refractivity contribution is 5.48. The number of nitrogens with zero attached hydrogens (tertiary/aromatic N) is 4. The number of benzene rings is 2. The molecule has 29 heavy (non-hydrogen) atoms. The summed E-state index contributed by atoms with van der Waals surface area (Å²) >= 11 is 0. The van der Waals surface area contributed by atoms with Crippen LogP contribution in [0.2, 0.25) is 0 Å². The predicted octanol–water partition coefficient (Wildman–Crippen LogP) is 4.79. The fourth-order valence-corrected chi connectivity index (χ4v) is 3.97. The lowest BCUT2D eigenvalue weighted by molar-refractivity contribution is 0.122. The molecule has 1 aliphatic heterocycles. The molecule has 1 saturated heterocycles. The molecule has 2 aromatic carbocycles. The molecular formula is C24H30N4O. The molecular weight excluding hydrogens is 360 g/mol. The largest absolute Gasteiger partial charge is 0.378 e. The molecule has 0 bridgehead atoms. The second-order valence-electron chi connectivity index (χ2n) is 8.01. The van der Waals surface area contributed by atoms with Gasteiger partial charge in [0.15, 0.2) is 0 Å². The lowest BCUT2D eigenvalue weighted by Crippen LogP contribution is -2.36. The number of hydrogen-bond donors (Lipinski definition) is 0. The molecule has 5 heteroatoms. The Morgan fingerprint density at radius 3 is 1.90 bits per heavy atom. The van der Waals surface area contributed by atoms with Crippen molar-refractivity contribution in [3.05, 3.63) is 72.1 Å². The van der Waals surface area contributed by atoms with Gasteiger partial charge in [0.1, 0.15) is 0 Å². The number of morpholine rings is 1. The summed E-state index contributed by atoms with van der Waals surface area (Å²) in [5.74, 6) is 1.10. The standard InChI is InChI=1S/C24H30N4O/c1-19(21-5-9-23(10-6-21)27-15-17-29-18-16-27)3-4-20(2)22-7-11-24(12-8-22)28-14-13-25-26-28/h5-14,19-20H,3-4,15-18H2,1-2H3. The fourth-order valence-electron chi connectivity index (χ4n) is 3.97. The maximum Gasteiger partial charge on any atom is 0.0697 e. The van der Waals surface area contributed by atoms with Gasteiger partial charge < -0.3 is 9.64 Å². The maximum atomic E-state index is 5.45. The van der Waals surface area contributed by atoms with E-state index in [0.29, 0.717) is 11.8 Å². The maximum absolute atomic E-state index is 5.45. The van der Waals surface area contributed by atoms with Crippen molar-refractivity contribution in [2.75, 3.05) is 31.2 Å². The Labute approximate surface area is 173 Å². The van der Waals surface area contributed by atoms with Crippen molar-refractivity contribution in [1.29, 1.82) is 0 Å². The van der Waals surface area contributed by atoms with Crippen LogP contribution in [0.5, 0.6) is 0 Å². The highest BCUT2D eigenvalue weighted by atomic mass is 16.5. The zero-order chi connectivity index (χ0) is 20.1. The molecule has 0 N–H and O–H groups in total. The van der Waals surface area contributed by atoms with Crippen LogP contribution in [0.1, 0.15) is 49.7 Å². The number of ether oxygens (including phenoxy) is 1. The molecule has 3 aromatic rings. The highest BCUT2D eigenvalue weighted by Gasteiger charge is 2.13. The van der Waals surface area contributed by atoms with Crippen LogP contribution in [0, 0.1) is 0 Å². The summed E-state index contributed by atoms with van der Waals surface area (Å²) < 4.78 is 7.24. The number of hydrogen-bond acceptors (Lipinski definition) is 4. The smallest absolute Gasteiger partial charge is 0.0697 e. The zero-order valence-corrected chi connectivity index (χ0v) is 17.4. The van der Waals surface area contributed by atoms with Crippen LogP contribution in [-0.4, -0.2) is 41.3 Å². The molecule has 0 aliphatic carbocycles. The molecule has 2 atom stereocenters. The first-order valence-electron chi connectivity index (χ1n) is 10.6. The van der Waals surface area contributed by atoms with E-state index in [9.17, 15) is 0 Å². The van der Waals surface area contributed by atoms with Gasteiger partial charge in [0.05, 0.1) is 31.3 Å². The quantitative estimate of drug-likeness (QED) is 0.582. The van der Waals surface area contributed by atoms with Gasteiger partial charge in [-0.25, -0.2) is 4.68 Å². The molecule has 1 aromatic heterocycles. The van der Waals surface area contributed by atoms with E-state index in [0.717, 1.165) is 32.0 Å². The van der Waals surface area contributed by atoms with Crippen molar-refractivity contribution in [2.24, 2.45) is 0 Å². The van der Waals surface area contributed by atoms with Crippen LogP contribution in [0.3, 0.4) is 0 Å². The van der Waals surface area contributed by atoms with Crippen molar-refractivity contribution in [2.45, 2.75) is 38.5 Å². The SMILES string of the molecule is CC(CCC(C)c1ccc(-n2ccnn2)cc1)c1ccc(N2CCOCC2)cc1. The first kappa shape index (κ1) is 19.6. The molecule has 4 rings (SSSR count). The highest BCUT2D eigenvalue weighted by Crippen LogP contribution is 2.29. The third-order valence-electron chi connectivity index (χ3n) is 6.02. The van der Waals surface area contributed by atoms with Gasteiger partial charge in [0, 0.05) is 18.8 Å². The van der Waals surface area contributed by atoms with Gasteiger partial charge in [0.25, 0.3) is 0 Å². The zero-order valence-electron chi connectivity index (χ0n) is 17.4. The Morgan fingerprint density at radius 1 is 0.828 bits per heavy atom. The van der Waals surface area contributed by atoms with E-state index >= 15 is 0 Å². The summed E-state index contributed by atoms with van der Waals surface area (Å²) in [6.07, 6.45) is 5.92. The van der Waals surface area contributed by atoms with Crippen molar-refractivity contribution < 1.29 is 4.74 Å². The van der Waals surface area contributed by atoms with E-state index in [-0.39, 0.29) is 0 Å². The van der Waals surface area contributed by atoms with Crippen LogP contribution >= 0.6 is 0 Å². The lowest BCUT2D eigenvalue weighted by Gasteiger charge is -2.29. The molecule has 1 fully saturated rings. The summed E-state index contributed by atoms with van der Waals surface area (Å²) in [4.78, 5) is 2.41. The van der Waals surface area contributed by atoms with E-state index in [1.807, 2.05) is 6.20 Å². The third-order valence-corrected chi connectivity index (χ3v) is 6.02. The Hall–Kier alpha value is -2.66. The van der Waals surface area contributed by atoms with E-state index in [2.05, 4.69) is 77.6 Å². The molecule has 0 spiro atoms. The number of anilines is 1. The molecule has 1 aliphatic rings. The Kier molecular flexibility index (Phi) is 6.25. The number of rotatable bonds is 7. The summed E-state index contributed by atoms with van der Waals surface area (Å²) in [5, 5.41) is 7.92. The Morgan fingerprint density at radius 2 is 1.38 bits per heavy atom. The van der Waals surface area contributed by atoms with Gasteiger partial charge in [0.2, 0.25) is 0 Å². The monoisotopic (exact) mass is 390 g/mol. The van der Waals surface area contributed by atoms with E-state index in [1.54, 1.807) is 10.9 Å². The van der Waals surface area contributed by atoms with Crippen LogP contribution in [-0.2, 0) is 4.74 Å². The van der Waals surface area contributed by atoms with Crippen molar-refractivity contribution in [3.8, 4) is 5.69 Å². The summed E-state index contributed by atoms with van der Waals surface area (Å²) in [7, 11) is 0. The molecule has 152 valence electrons. The summed E-state index contributed by atoms with van der Waals surface area (Å²) in [5.41, 5.74) is 5.16. The Bertz CT molecular complexity index is 868. The van der Waals surface area contributed by atoms with E-state index in [4.69, 9.17) is 4.74 Å². The molecule has 0 radical (unpaired) electrons. The average molecular weight is 391 g/mol. The lowest BCUT2D eigenvalue weighted by atomic mass is 9.89.